The molecular weight excluding hydrogens is 238 g/mol. The number of hydroxylamine groups is 1. The molecule has 96 valence electrons. The smallest absolute Gasteiger partial charge is 0.339 e. The van der Waals surface area contributed by atoms with Crippen LogP contribution in [0.25, 0.3) is 0 Å². The lowest BCUT2D eigenvalue weighted by molar-refractivity contribution is -0.150. The summed E-state index contributed by atoms with van der Waals surface area (Å²) >= 11 is 0. The van der Waals surface area contributed by atoms with Crippen molar-refractivity contribution in [3.05, 3.63) is 29.8 Å². The molecule has 1 fully saturated rings. The van der Waals surface area contributed by atoms with Gasteiger partial charge >= 0.3 is 5.97 Å². The van der Waals surface area contributed by atoms with Gasteiger partial charge in [0.2, 0.25) is 0 Å². The summed E-state index contributed by atoms with van der Waals surface area (Å²) in [7, 11) is 1.19. The van der Waals surface area contributed by atoms with E-state index in [9.17, 15) is 14.7 Å². The Labute approximate surface area is 104 Å². The summed E-state index contributed by atoms with van der Waals surface area (Å²) in [6, 6.07) is 6.50. The van der Waals surface area contributed by atoms with Gasteiger partial charge in [0, 0.05) is 5.56 Å². The number of hydrogen-bond acceptors (Lipinski definition) is 5. The number of rotatable bonds is 3. The molecule has 0 saturated carbocycles. The quantitative estimate of drug-likeness (QED) is 0.794. The summed E-state index contributed by atoms with van der Waals surface area (Å²) < 4.78 is 4.48. The first-order valence-electron chi connectivity index (χ1n) is 5.46. The Morgan fingerprint density at radius 3 is 2.83 bits per heavy atom. The maximum atomic E-state index is 11.6. The van der Waals surface area contributed by atoms with Gasteiger partial charge in [-0.1, -0.05) is 18.2 Å². The zero-order chi connectivity index (χ0) is 13.1. The molecule has 1 N–H and O–H groups in total. The number of methoxy groups -OCH3 is 1. The lowest BCUT2D eigenvalue weighted by Gasteiger charge is -2.19. The van der Waals surface area contributed by atoms with Gasteiger partial charge in [-0.2, -0.15) is 5.06 Å². The fourth-order valence-corrected chi connectivity index (χ4v) is 1.74. The summed E-state index contributed by atoms with van der Waals surface area (Å²) in [6.07, 6.45) is -1.16. The minimum Gasteiger partial charge on any atom is -0.467 e. The van der Waals surface area contributed by atoms with E-state index < -0.39 is 12.1 Å². The van der Waals surface area contributed by atoms with E-state index >= 15 is 0 Å². The van der Waals surface area contributed by atoms with Gasteiger partial charge in [0.25, 0.3) is 5.91 Å². The van der Waals surface area contributed by atoms with Crippen molar-refractivity contribution < 1.29 is 24.3 Å². The SMILES string of the molecule is COC(=O)C(O)c1ccccc1N1OCCC1=O. The first-order valence-corrected chi connectivity index (χ1v) is 5.46. The number of benzene rings is 1. The van der Waals surface area contributed by atoms with Gasteiger partial charge in [-0.15, -0.1) is 0 Å². The third-order valence-electron chi connectivity index (χ3n) is 2.64. The molecule has 1 aromatic carbocycles. The van der Waals surface area contributed by atoms with E-state index in [1.165, 1.54) is 7.11 Å². The van der Waals surface area contributed by atoms with Crippen LogP contribution in [0.1, 0.15) is 18.1 Å². The van der Waals surface area contributed by atoms with E-state index in [4.69, 9.17) is 4.84 Å². The predicted octanol–water partition coefficient (Wildman–Crippen LogP) is 0.561. The normalized spacial score (nSPS) is 16.8. The highest BCUT2D eigenvalue weighted by Gasteiger charge is 2.29. The van der Waals surface area contributed by atoms with Gasteiger partial charge in [-0.25, -0.2) is 4.79 Å². The number of aliphatic hydroxyl groups excluding tert-OH is 1. The standard InChI is InChI=1S/C12H13NO5/c1-17-12(16)11(15)8-4-2-3-5-9(8)13-10(14)6-7-18-13/h2-5,11,15H,6-7H2,1H3. The molecule has 1 atom stereocenters. The molecule has 1 heterocycles. The van der Waals surface area contributed by atoms with Crippen LogP contribution in [0.3, 0.4) is 0 Å². The predicted molar refractivity (Wildman–Crippen MR) is 61.5 cm³/mol. The van der Waals surface area contributed by atoms with Crippen LogP contribution in [0, 0.1) is 0 Å². The monoisotopic (exact) mass is 251 g/mol. The number of carbonyl (C=O) groups excluding carboxylic acids is 2. The molecule has 1 amide bonds. The average molecular weight is 251 g/mol. The number of para-hydroxylation sites is 1. The van der Waals surface area contributed by atoms with Crippen LogP contribution in [0.2, 0.25) is 0 Å². The number of carbonyl (C=O) groups is 2. The van der Waals surface area contributed by atoms with Crippen molar-refractivity contribution in [3.8, 4) is 0 Å². The minimum atomic E-state index is -1.44. The number of nitrogens with zero attached hydrogens (tertiary/aromatic N) is 1. The van der Waals surface area contributed by atoms with Crippen LogP contribution < -0.4 is 5.06 Å². The molecule has 6 heteroatoms. The van der Waals surface area contributed by atoms with Crippen LogP contribution >= 0.6 is 0 Å². The molecule has 0 spiro atoms. The zero-order valence-corrected chi connectivity index (χ0v) is 9.83. The Bertz CT molecular complexity index is 473. The molecular formula is C12H13NO5. The van der Waals surface area contributed by atoms with E-state index in [-0.39, 0.29) is 17.9 Å². The second-order valence-electron chi connectivity index (χ2n) is 3.76. The molecule has 1 aromatic rings. The third kappa shape index (κ3) is 2.20. The second-order valence-corrected chi connectivity index (χ2v) is 3.76. The number of ether oxygens (including phenoxy) is 1. The maximum absolute atomic E-state index is 11.6. The van der Waals surface area contributed by atoms with Crippen molar-refractivity contribution in [2.45, 2.75) is 12.5 Å². The van der Waals surface area contributed by atoms with E-state index in [0.717, 1.165) is 5.06 Å². The van der Waals surface area contributed by atoms with Crippen LogP contribution in [-0.2, 0) is 19.2 Å². The van der Waals surface area contributed by atoms with Gasteiger partial charge in [0.15, 0.2) is 6.10 Å². The third-order valence-corrected chi connectivity index (χ3v) is 2.64. The first-order chi connectivity index (χ1) is 8.65. The fraction of sp³-hybridized carbons (Fsp3) is 0.333. The summed E-state index contributed by atoms with van der Waals surface area (Å²) in [5.41, 5.74) is 0.637. The van der Waals surface area contributed by atoms with Crippen LogP contribution in [0.5, 0.6) is 0 Å². The van der Waals surface area contributed by atoms with Crippen LogP contribution in [0.15, 0.2) is 24.3 Å². The molecule has 2 rings (SSSR count). The number of esters is 1. The summed E-state index contributed by atoms with van der Waals surface area (Å²) in [6.45, 7) is 0.293. The van der Waals surface area contributed by atoms with Gasteiger partial charge < -0.3 is 9.84 Å². The van der Waals surface area contributed by atoms with Gasteiger partial charge in [-0.05, 0) is 6.07 Å². The van der Waals surface area contributed by atoms with E-state index in [1.807, 2.05) is 0 Å². The molecule has 1 saturated heterocycles. The van der Waals surface area contributed by atoms with Crippen molar-refractivity contribution in [3.63, 3.8) is 0 Å². The molecule has 6 nitrogen and oxygen atoms in total. The van der Waals surface area contributed by atoms with Crippen molar-refractivity contribution in [1.29, 1.82) is 0 Å². The Hall–Kier alpha value is -1.92. The van der Waals surface area contributed by atoms with Gasteiger partial charge in [-0.3, -0.25) is 9.63 Å². The molecule has 0 radical (unpaired) electrons. The number of aliphatic hydroxyl groups is 1. The summed E-state index contributed by atoms with van der Waals surface area (Å²) in [5, 5.41) is 10.9. The molecule has 0 aliphatic carbocycles. The Kier molecular flexibility index (Phi) is 3.59. The molecule has 0 bridgehead atoms. The van der Waals surface area contributed by atoms with Crippen molar-refractivity contribution >= 4 is 17.6 Å². The number of amides is 1. The summed E-state index contributed by atoms with van der Waals surface area (Å²) in [5.74, 6) is -0.992. The maximum Gasteiger partial charge on any atom is 0.339 e. The molecule has 1 aliphatic heterocycles. The van der Waals surface area contributed by atoms with Gasteiger partial charge in [0.05, 0.1) is 25.8 Å². The number of hydrogen-bond donors (Lipinski definition) is 1. The Morgan fingerprint density at radius 2 is 2.22 bits per heavy atom. The topological polar surface area (TPSA) is 76.1 Å². The van der Waals surface area contributed by atoms with E-state index in [1.54, 1.807) is 24.3 Å². The lowest BCUT2D eigenvalue weighted by Crippen LogP contribution is -2.25. The largest absolute Gasteiger partial charge is 0.467 e. The highest BCUT2D eigenvalue weighted by molar-refractivity contribution is 5.94. The molecule has 0 aromatic heterocycles. The van der Waals surface area contributed by atoms with E-state index in [2.05, 4.69) is 4.74 Å². The average Bonchev–Trinajstić information content (AvgIpc) is 2.83. The zero-order valence-electron chi connectivity index (χ0n) is 9.83. The molecule has 1 aliphatic rings. The minimum absolute atomic E-state index is 0.209. The van der Waals surface area contributed by atoms with Gasteiger partial charge in [0.1, 0.15) is 0 Å². The molecule has 18 heavy (non-hydrogen) atoms. The van der Waals surface area contributed by atoms with Crippen molar-refractivity contribution in [2.75, 3.05) is 18.8 Å². The second kappa shape index (κ2) is 5.16. The van der Waals surface area contributed by atoms with Crippen molar-refractivity contribution in [2.24, 2.45) is 0 Å². The van der Waals surface area contributed by atoms with Crippen LogP contribution in [0.4, 0.5) is 5.69 Å². The Balaban J connectivity index is 2.36. The Morgan fingerprint density at radius 1 is 1.50 bits per heavy atom. The highest BCUT2D eigenvalue weighted by atomic mass is 16.7. The van der Waals surface area contributed by atoms with Crippen molar-refractivity contribution in [1.82, 2.24) is 0 Å². The first kappa shape index (κ1) is 12.5. The number of anilines is 1. The summed E-state index contributed by atoms with van der Waals surface area (Å²) in [4.78, 5) is 28.1. The van der Waals surface area contributed by atoms with E-state index in [0.29, 0.717) is 12.3 Å². The fourth-order valence-electron chi connectivity index (χ4n) is 1.74. The lowest BCUT2D eigenvalue weighted by atomic mass is 10.1. The highest BCUT2D eigenvalue weighted by Crippen LogP contribution is 2.29. The molecule has 1 unspecified atom stereocenters. The van der Waals surface area contributed by atoms with Crippen LogP contribution in [-0.4, -0.2) is 30.7 Å².